The zero-order valence-corrected chi connectivity index (χ0v) is 18.0. The largest absolute Gasteiger partial charge is 0.383 e. The number of methoxy groups -OCH3 is 1. The van der Waals surface area contributed by atoms with Crippen LogP contribution in [0.3, 0.4) is 0 Å². The van der Waals surface area contributed by atoms with Gasteiger partial charge in [-0.3, -0.25) is 9.48 Å². The minimum absolute atomic E-state index is 0. The van der Waals surface area contributed by atoms with E-state index in [-0.39, 0.29) is 36.4 Å². The van der Waals surface area contributed by atoms with E-state index < -0.39 is 0 Å². The second-order valence-corrected chi connectivity index (χ2v) is 5.57. The van der Waals surface area contributed by atoms with E-state index in [1.165, 1.54) is 0 Å². The van der Waals surface area contributed by atoms with Crippen molar-refractivity contribution in [3.63, 3.8) is 0 Å². The molecule has 148 valence electrons. The van der Waals surface area contributed by atoms with Crippen LogP contribution in [0.1, 0.15) is 12.5 Å². The number of hydrogen-bond donors (Lipinski definition) is 3. The number of nitrogens with zero attached hydrogens (tertiary/aromatic N) is 3. The Morgan fingerprint density at radius 1 is 1.30 bits per heavy atom. The normalized spacial score (nSPS) is 10.8. The van der Waals surface area contributed by atoms with Crippen molar-refractivity contribution < 1.29 is 9.53 Å². The second-order valence-electron chi connectivity index (χ2n) is 5.57. The minimum Gasteiger partial charge on any atom is -0.383 e. The molecule has 0 fully saturated rings. The van der Waals surface area contributed by atoms with Crippen molar-refractivity contribution in [2.24, 2.45) is 4.99 Å². The highest BCUT2D eigenvalue weighted by atomic mass is 127. The van der Waals surface area contributed by atoms with E-state index in [4.69, 9.17) is 4.74 Å². The number of amides is 1. The van der Waals surface area contributed by atoms with Crippen molar-refractivity contribution in [3.05, 3.63) is 48.3 Å². The Hall–Kier alpha value is -2.14. The first kappa shape index (κ1) is 22.9. The number of halogens is 1. The second kappa shape index (κ2) is 13.1. The Labute approximate surface area is 176 Å². The SMILES string of the molecule is CCNC(=NCc1cccc(NC(=O)Cn2cccn2)c1)NCCOC.I. The molecule has 3 N–H and O–H groups in total. The number of benzene rings is 1. The van der Waals surface area contributed by atoms with Crippen LogP contribution in [0, 0.1) is 0 Å². The number of aliphatic imine (C=N–C) groups is 1. The van der Waals surface area contributed by atoms with Gasteiger partial charge >= 0.3 is 0 Å². The number of hydrogen-bond acceptors (Lipinski definition) is 4. The van der Waals surface area contributed by atoms with Gasteiger partial charge in [0.05, 0.1) is 13.2 Å². The molecule has 2 aromatic rings. The molecule has 1 aromatic heterocycles. The van der Waals surface area contributed by atoms with Gasteiger partial charge in [-0.2, -0.15) is 5.10 Å². The number of carbonyl (C=O) groups is 1. The van der Waals surface area contributed by atoms with E-state index in [2.05, 4.69) is 26.0 Å². The molecule has 1 aromatic carbocycles. The topological polar surface area (TPSA) is 92.6 Å². The smallest absolute Gasteiger partial charge is 0.246 e. The van der Waals surface area contributed by atoms with Crippen molar-refractivity contribution in [1.82, 2.24) is 20.4 Å². The Morgan fingerprint density at radius 3 is 2.85 bits per heavy atom. The molecule has 27 heavy (non-hydrogen) atoms. The summed E-state index contributed by atoms with van der Waals surface area (Å²) in [6.07, 6.45) is 3.40. The molecule has 1 heterocycles. The van der Waals surface area contributed by atoms with Crippen molar-refractivity contribution in [2.75, 3.05) is 32.1 Å². The summed E-state index contributed by atoms with van der Waals surface area (Å²) in [4.78, 5) is 16.6. The van der Waals surface area contributed by atoms with Crippen LogP contribution < -0.4 is 16.0 Å². The summed E-state index contributed by atoms with van der Waals surface area (Å²) in [7, 11) is 1.66. The van der Waals surface area contributed by atoms with Gasteiger partial charge in [0.2, 0.25) is 5.91 Å². The van der Waals surface area contributed by atoms with Crippen molar-refractivity contribution in [2.45, 2.75) is 20.0 Å². The molecule has 0 saturated carbocycles. The highest BCUT2D eigenvalue weighted by Gasteiger charge is 2.04. The summed E-state index contributed by atoms with van der Waals surface area (Å²) in [6, 6.07) is 9.44. The molecule has 0 radical (unpaired) electrons. The number of anilines is 1. The summed E-state index contributed by atoms with van der Waals surface area (Å²) in [5.41, 5.74) is 1.75. The lowest BCUT2D eigenvalue weighted by Gasteiger charge is -2.11. The monoisotopic (exact) mass is 486 g/mol. The molecule has 1 amide bonds. The van der Waals surface area contributed by atoms with Crippen molar-refractivity contribution in [3.8, 4) is 0 Å². The fraction of sp³-hybridized carbons (Fsp3) is 0.389. The molecule has 2 rings (SSSR count). The molecule has 9 heteroatoms. The fourth-order valence-corrected chi connectivity index (χ4v) is 2.27. The van der Waals surface area contributed by atoms with Crippen LogP contribution in [0.2, 0.25) is 0 Å². The number of aromatic nitrogens is 2. The Bertz CT molecular complexity index is 706. The fourth-order valence-electron chi connectivity index (χ4n) is 2.27. The van der Waals surface area contributed by atoms with Gasteiger partial charge in [-0.1, -0.05) is 12.1 Å². The predicted octanol–water partition coefficient (Wildman–Crippen LogP) is 1.84. The first-order chi connectivity index (χ1) is 12.7. The van der Waals surface area contributed by atoms with Crippen molar-refractivity contribution in [1.29, 1.82) is 0 Å². The molecule has 0 aliphatic heterocycles. The van der Waals surface area contributed by atoms with Crippen LogP contribution >= 0.6 is 24.0 Å². The van der Waals surface area contributed by atoms with Crippen LogP contribution in [-0.4, -0.2) is 48.5 Å². The molecule has 8 nitrogen and oxygen atoms in total. The molecular formula is C18H27IN6O2. The van der Waals surface area contributed by atoms with E-state index in [9.17, 15) is 4.79 Å². The van der Waals surface area contributed by atoms with Gasteiger partial charge in [-0.15, -0.1) is 24.0 Å². The molecule has 0 bridgehead atoms. The van der Waals surface area contributed by atoms with Gasteiger partial charge in [0.15, 0.2) is 5.96 Å². The van der Waals surface area contributed by atoms with Crippen LogP contribution in [-0.2, 0) is 22.6 Å². The summed E-state index contributed by atoms with van der Waals surface area (Å²) >= 11 is 0. The average molecular weight is 486 g/mol. The zero-order valence-electron chi connectivity index (χ0n) is 15.6. The van der Waals surface area contributed by atoms with Gasteiger partial charge in [0, 0.05) is 38.3 Å². The number of nitrogens with one attached hydrogen (secondary N) is 3. The van der Waals surface area contributed by atoms with E-state index in [1.807, 2.05) is 31.2 Å². The maximum absolute atomic E-state index is 12.1. The van der Waals surface area contributed by atoms with E-state index in [0.29, 0.717) is 19.7 Å². The van der Waals surface area contributed by atoms with Gasteiger partial charge < -0.3 is 20.7 Å². The Morgan fingerprint density at radius 2 is 2.15 bits per heavy atom. The molecular weight excluding hydrogens is 459 g/mol. The Balaban J connectivity index is 0.00000364. The van der Waals surface area contributed by atoms with Gasteiger partial charge in [-0.05, 0) is 30.7 Å². The van der Waals surface area contributed by atoms with E-state index in [1.54, 1.807) is 30.3 Å². The van der Waals surface area contributed by atoms with Crippen LogP contribution in [0.5, 0.6) is 0 Å². The predicted molar refractivity (Wildman–Crippen MR) is 117 cm³/mol. The molecule has 0 aliphatic rings. The molecule has 0 spiro atoms. The number of ether oxygens (including phenoxy) is 1. The summed E-state index contributed by atoms with van der Waals surface area (Å²) in [6.45, 7) is 4.79. The third-order valence-electron chi connectivity index (χ3n) is 3.44. The van der Waals surface area contributed by atoms with Gasteiger partial charge in [0.1, 0.15) is 6.54 Å². The lowest BCUT2D eigenvalue weighted by Crippen LogP contribution is -2.38. The van der Waals surface area contributed by atoms with Crippen LogP contribution in [0.25, 0.3) is 0 Å². The summed E-state index contributed by atoms with van der Waals surface area (Å²) in [5, 5.41) is 13.3. The highest BCUT2D eigenvalue weighted by molar-refractivity contribution is 14.0. The average Bonchev–Trinajstić information content (AvgIpc) is 3.13. The molecule has 0 aliphatic carbocycles. The number of carbonyl (C=O) groups excluding carboxylic acids is 1. The molecule has 0 unspecified atom stereocenters. The summed E-state index contributed by atoms with van der Waals surface area (Å²) in [5.74, 6) is 0.613. The quantitative estimate of drug-likeness (QED) is 0.218. The standard InChI is InChI=1S/C18H26N6O2.HI/c1-3-19-18(20-9-11-26-2)21-13-15-6-4-7-16(12-15)23-17(25)14-24-10-5-8-22-24;/h4-8,10,12H,3,9,11,13-14H2,1-2H3,(H,23,25)(H2,19,20,21);1H. The maximum atomic E-state index is 12.1. The Kier molecular flexibility index (Phi) is 11.1. The first-order valence-electron chi connectivity index (χ1n) is 8.58. The summed E-state index contributed by atoms with van der Waals surface area (Å²) < 4.78 is 6.61. The van der Waals surface area contributed by atoms with Gasteiger partial charge in [0.25, 0.3) is 0 Å². The lowest BCUT2D eigenvalue weighted by molar-refractivity contribution is -0.116. The number of rotatable bonds is 9. The third-order valence-corrected chi connectivity index (χ3v) is 3.44. The number of guanidine groups is 1. The third kappa shape index (κ3) is 8.87. The van der Waals surface area contributed by atoms with Gasteiger partial charge in [-0.25, -0.2) is 4.99 Å². The van der Waals surface area contributed by atoms with Crippen LogP contribution in [0.4, 0.5) is 5.69 Å². The van der Waals surface area contributed by atoms with E-state index in [0.717, 1.165) is 23.8 Å². The molecule has 0 saturated heterocycles. The molecule has 0 atom stereocenters. The first-order valence-corrected chi connectivity index (χ1v) is 8.58. The highest BCUT2D eigenvalue weighted by Crippen LogP contribution is 2.11. The lowest BCUT2D eigenvalue weighted by atomic mass is 10.2. The maximum Gasteiger partial charge on any atom is 0.246 e. The van der Waals surface area contributed by atoms with Crippen LogP contribution in [0.15, 0.2) is 47.7 Å². The minimum atomic E-state index is -0.121. The zero-order chi connectivity index (χ0) is 18.6. The van der Waals surface area contributed by atoms with E-state index >= 15 is 0 Å². The van der Waals surface area contributed by atoms with Crippen molar-refractivity contribution >= 4 is 41.5 Å².